The van der Waals surface area contributed by atoms with Crippen LogP contribution >= 0.6 is 0 Å². The highest BCUT2D eigenvalue weighted by atomic mass is 19.4. The van der Waals surface area contributed by atoms with Gasteiger partial charge in [0.2, 0.25) is 5.72 Å². The van der Waals surface area contributed by atoms with E-state index >= 15 is 0 Å². The number of carbonyl (C=O) groups is 2. The van der Waals surface area contributed by atoms with E-state index in [4.69, 9.17) is 10.6 Å². The van der Waals surface area contributed by atoms with Crippen LogP contribution in [-0.2, 0) is 25.6 Å². The number of hydroxylamine groups is 2. The van der Waals surface area contributed by atoms with Gasteiger partial charge in [-0.2, -0.15) is 13.2 Å². The molecule has 26 heavy (non-hydrogen) atoms. The molecule has 2 N–H and O–H groups in total. The molecule has 2 heterocycles. The summed E-state index contributed by atoms with van der Waals surface area (Å²) in [5.74, 6) is -3.56. The Bertz CT molecular complexity index is 722. The van der Waals surface area contributed by atoms with E-state index < -0.39 is 36.2 Å². The van der Waals surface area contributed by atoms with Gasteiger partial charge in [-0.3, -0.25) is 15.4 Å². The van der Waals surface area contributed by atoms with Crippen LogP contribution in [0.4, 0.5) is 13.2 Å². The lowest BCUT2D eigenvalue weighted by Crippen LogP contribution is -2.63. The number of rotatable bonds is 4. The molecule has 0 unspecified atom stereocenters. The summed E-state index contributed by atoms with van der Waals surface area (Å²) < 4.78 is 42.5. The van der Waals surface area contributed by atoms with E-state index in [1.165, 1.54) is 0 Å². The Morgan fingerprint density at radius 3 is 2.38 bits per heavy atom. The lowest BCUT2D eigenvalue weighted by molar-refractivity contribution is -0.251. The quantitative estimate of drug-likeness (QED) is 0.497. The number of alkyl halides is 3. The van der Waals surface area contributed by atoms with Crippen molar-refractivity contribution in [3.63, 3.8) is 0 Å². The SMILES string of the molecule is N[C@@](Cc1ccccc1)(OC(=O)C(F)(F)F)C(=O)N1O[C@@H]2C=C[C@@H]1CC2. The molecule has 2 aliphatic heterocycles. The average molecular weight is 370 g/mol. The van der Waals surface area contributed by atoms with E-state index in [2.05, 4.69) is 4.74 Å². The molecule has 140 valence electrons. The third kappa shape index (κ3) is 3.73. The van der Waals surface area contributed by atoms with Crippen molar-refractivity contribution in [2.24, 2.45) is 5.73 Å². The number of esters is 1. The fourth-order valence-corrected chi connectivity index (χ4v) is 2.95. The molecule has 0 aromatic heterocycles. The van der Waals surface area contributed by atoms with Crippen LogP contribution in [0, 0.1) is 0 Å². The lowest BCUT2D eigenvalue weighted by atomic mass is 9.96. The number of nitrogens with two attached hydrogens (primary N) is 1. The summed E-state index contributed by atoms with van der Waals surface area (Å²) in [4.78, 5) is 29.7. The summed E-state index contributed by atoms with van der Waals surface area (Å²) in [6.07, 6.45) is -1.29. The number of amides is 1. The van der Waals surface area contributed by atoms with Crippen molar-refractivity contribution in [1.29, 1.82) is 0 Å². The van der Waals surface area contributed by atoms with Gasteiger partial charge in [-0.15, -0.1) is 0 Å². The molecule has 9 heteroatoms. The topological polar surface area (TPSA) is 81.9 Å². The second kappa shape index (κ2) is 6.73. The Hall–Kier alpha value is -2.39. The minimum Gasteiger partial charge on any atom is -0.427 e. The van der Waals surface area contributed by atoms with Crippen LogP contribution < -0.4 is 5.73 Å². The van der Waals surface area contributed by atoms with Crippen LogP contribution in [-0.4, -0.2) is 41.0 Å². The molecule has 3 aliphatic rings. The molecular formula is C17H17F3N2O4. The smallest absolute Gasteiger partial charge is 0.427 e. The van der Waals surface area contributed by atoms with Gasteiger partial charge < -0.3 is 4.74 Å². The number of hydrogen-bond donors (Lipinski definition) is 1. The molecule has 6 nitrogen and oxygen atoms in total. The molecule has 2 bridgehead atoms. The summed E-state index contributed by atoms with van der Waals surface area (Å²) in [6.45, 7) is 0. The number of halogens is 3. The maximum atomic E-state index is 12.9. The maximum Gasteiger partial charge on any atom is 0.491 e. The summed E-state index contributed by atoms with van der Waals surface area (Å²) in [7, 11) is 0. The van der Waals surface area contributed by atoms with Crippen LogP contribution in [0.5, 0.6) is 0 Å². The first kappa shape index (κ1) is 18.4. The molecule has 1 fully saturated rings. The Balaban J connectivity index is 1.88. The fraction of sp³-hybridized carbons (Fsp3) is 0.412. The molecular weight excluding hydrogens is 353 g/mol. The zero-order valence-corrected chi connectivity index (χ0v) is 13.6. The van der Waals surface area contributed by atoms with Gasteiger partial charge in [-0.1, -0.05) is 42.5 Å². The van der Waals surface area contributed by atoms with E-state index in [0.29, 0.717) is 18.4 Å². The van der Waals surface area contributed by atoms with Crippen molar-refractivity contribution >= 4 is 11.9 Å². The number of carbonyl (C=O) groups excluding carboxylic acids is 2. The Morgan fingerprint density at radius 2 is 1.88 bits per heavy atom. The Kier molecular flexibility index (Phi) is 4.76. The van der Waals surface area contributed by atoms with Gasteiger partial charge in [0.05, 0.1) is 6.04 Å². The normalized spacial score (nSPS) is 24.2. The van der Waals surface area contributed by atoms with Crippen molar-refractivity contribution in [3.8, 4) is 0 Å². The van der Waals surface area contributed by atoms with Gasteiger partial charge in [0, 0.05) is 6.42 Å². The van der Waals surface area contributed by atoms with Gasteiger partial charge in [-0.05, 0) is 18.4 Å². The minimum absolute atomic E-state index is 0.358. The van der Waals surface area contributed by atoms with E-state index in [1.807, 2.05) is 0 Å². The summed E-state index contributed by atoms with van der Waals surface area (Å²) >= 11 is 0. The Labute approximate surface area is 147 Å². The number of nitrogens with zero attached hydrogens (tertiary/aromatic N) is 1. The van der Waals surface area contributed by atoms with Gasteiger partial charge in [0.15, 0.2) is 0 Å². The second-order valence-electron chi connectivity index (χ2n) is 6.24. The molecule has 0 spiro atoms. The molecule has 0 radical (unpaired) electrons. The van der Waals surface area contributed by atoms with Crippen LogP contribution in [0.1, 0.15) is 18.4 Å². The zero-order chi connectivity index (χ0) is 18.9. The first-order valence-electron chi connectivity index (χ1n) is 8.01. The van der Waals surface area contributed by atoms with Crippen LogP contribution in [0.25, 0.3) is 0 Å². The predicted octanol–water partition coefficient (Wildman–Crippen LogP) is 1.85. The van der Waals surface area contributed by atoms with Crippen molar-refractivity contribution in [2.75, 3.05) is 0 Å². The van der Waals surface area contributed by atoms with Gasteiger partial charge in [0.25, 0.3) is 0 Å². The Morgan fingerprint density at radius 1 is 1.19 bits per heavy atom. The monoisotopic (exact) mass is 370 g/mol. The highest BCUT2D eigenvalue weighted by Gasteiger charge is 2.51. The van der Waals surface area contributed by atoms with E-state index in [0.717, 1.165) is 5.06 Å². The van der Waals surface area contributed by atoms with E-state index in [1.54, 1.807) is 42.5 Å². The average Bonchev–Trinajstić information content (AvgIpc) is 2.62. The van der Waals surface area contributed by atoms with E-state index in [-0.39, 0.29) is 6.10 Å². The number of benzene rings is 1. The molecule has 1 amide bonds. The molecule has 3 atom stereocenters. The molecule has 1 saturated heterocycles. The maximum absolute atomic E-state index is 12.9. The highest BCUT2D eigenvalue weighted by Crippen LogP contribution is 2.31. The van der Waals surface area contributed by atoms with Crippen molar-refractivity contribution in [2.45, 2.75) is 43.3 Å². The first-order chi connectivity index (χ1) is 12.2. The number of fused-ring (bicyclic) bond motifs is 2. The summed E-state index contributed by atoms with van der Waals surface area (Å²) in [5, 5.41) is 0.917. The standard InChI is InChI=1S/C17H17F3N2O4/c18-17(19,20)15(24)25-16(21,10-11-4-2-1-3-5-11)14(23)22-12-6-8-13(26-22)9-7-12/h1-6,8,12-13H,7,9-10,21H2/t12-,13-,16+/m1/s1. The van der Waals surface area contributed by atoms with Crippen LogP contribution in [0.15, 0.2) is 42.5 Å². The van der Waals surface area contributed by atoms with Gasteiger partial charge in [-0.25, -0.2) is 9.86 Å². The zero-order valence-electron chi connectivity index (χ0n) is 13.6. The van der Waals surface area contributed by atoms with Crippen molar-refractivity contribution < 1.29 is 32.3 Å². The molecule has 4 rings (SSSR count). The molecule has 1 aliphatic carbocycles. The van der Waals surface area contributed by atoms with Crippen molar-refractivity contribution in [3.05, 3.63) is 48.0 Å². The van der Waals surface area contributed by atoms with E-state index in [9.17, 15) is 22.8 Å². The van der Waals surface area contributed by atoms with Crippen LogP contribution in [0.2, 0.25) is 0 Å². The second-order valence-corrected chi connectivity index (χ2v) is 6.24. The van der Waals surface area contributed by atoms with Gasteiger partial charge >= 0.3 is 18.1 Å². The highest BCUT2D eigenvalue weighted by molar-refractivity contribution is 5.88. The third-order valence-electron chi connectivity index (χ3n) is 4.22. The summed E-state index contributed by atoms with van der Waals surface area (Å²) in [6, 6.07) is 7.64. The predicted molar refractivity (Wildman–Crippen MR) is 83.1 cm³/mol. The number of ether oxygens (including phenoxy) is 1. The summed E-state index contributed by atoms with van der Waals surface area (Å²) in [5.41, 5.74) is 3.79. The molecule has 1 aromatic carbocycles. The number of hydrogen-bond acceptors (Lipinski definition) is 5. The fourth-order valence-electron chi connectivity index (χ4n) is 2.95. The van der Waals surface area contributed by atoms with Gasteiger partial charge in [0.1, 0.15) is 6.10 Å². The third-order valence-corrected chi connectivity index (χ3v) is 4.22. The van der Waals surface area contributed by atoms with Crippen LogP contribution in [0.3, 0.4) is 0 Å². The van der Waals surface area contributed by atoms with Crippen molar-refractivity contribution in [1.82, 2.24) is 5.06 Å². The molecule has 1 aromatic rings. The first-order valence-corrected chi connectivity index (χ1v) is 8.01. The molecule has 0 saturated carbocycles. The minimum atomic E-state index is -5.27. The lowest BCUT2D eigenvalue weighted by Gasteiger charge is -2.43. The largest absolute Gasteiger partial charge is 0.491 e.